The van der Waals surface area contributed by atoms with Crippen molar-refractivity contribution in [2.45, 2.75) is 19.4 Å². The van der Waals surface area contributed by atoms with Crippen molar-refractivity contribution >= 4 is 28.5 Å². The number of H-pyrrole nitrogens is 1. The molecule has 1 unspecified atom stereocenters. The zero-order valence-corrected chi connectivity index (χ0v) is 12.9. The van der Waals surface area contributed by atoms with Crippen LogP contribution in [0.15, 0.2) is 54.7 Å². The van der Waals surface area contributed by atoms with Gasteiger partial charge in [-0.25, -0.2) is 0 Å². The molecule has 4 heteroatoms. The van der Waals surface area contributed by atoms with Crippen molar-refractivity contribution in [3.63, 3.8) is 0 Å². The van der Waals surface area contributed by atoms with Gasteiger partial charge in [0.2, 0.25) is 0 Å². The first-order valence-corrected chi connectivity index (χ1v) is 7.52. The summed E-state index contributed by atoms with van der Waals surface area (Å²) in [4.78, 5) is 15.3. The summed E-state index contributed by atoms with van der Waals surface area (Å²) in [6.07, 6.45) is 1.72. The Kier molecular flexibility index (Phi) is 4.16. The van der Waals surface area contributed by atoms with Crippen LogP contribution in [0.3, 0.4) is 0 Å². The number of aromatic amines is 1. The molecule has 22 heavy (non-hydrogen) atoms. The summed E-state index contributed by atoms with van der Waals surface area (Å²) in [5.41, 5.74) is 2.77. The third-order valence-corrected chi connectivity index (χ3v) is 4.01. The number of nitrogens with one attached hydrogen (secondary N) is 1. The minimum absolute atomic E-state index is 0.235. The fraction of sp³-hybridized carbons (Fsp3) is 0.167. The average molecular weight is 314 g/mol. The highest BCUT2D eigenvalue weighted by Gasteiger charge is 2.16. The number of aromatic nitrogens is 1. The molecule has 3 nitrogen and oxygen atoms in total. The Hall–Kier alpha value is -2.26. The second-order valence-electron chi connectivity index (χ2n) is 5.19. The maximum atomic E-state index is 12.2. The van der Waals surface area contributed by atoms with Crippen molar-refractivity contribution in [3.8, 4) is 0 Å². The summed E-state index contributed by atoms with van der Waals surface area (Å²) in [5, 5.41) is 1.65. The largest absolute Gasteiger partial charge is 0.457 e. The Morgan fingerprint density at radius 1 is 1.18 bits per heavy atom. The molecule has 2 aromatic carbocycles. The summed E-state index contributed by atoms with van der Waals surface area (Å²) in [6.45, 7) is 1.83. The topological polar surface area (TPSA) is 42.1 Å². The molecule has 1 aromatic heterocycles. The van der Waals surface area contributed by atoms with Crippen LogP contribution in [-0.4, -0.2) is 11.0 Å². The standard InChI is InChI=1S/C18H16ClNO2/c1-12(14-6-2-4-8-16(14)19)22-18(21)10-13-11-20-17-9-5-3-7-15(13)17/h2-9,11-12,20H,10H2,1H3. The van der Waals surface area contributed by atoms with E-state index in [2.05, 4.69) is 4.98 Å². The molecular weight excluding hydrogens is 298 g/mol. The van der Waals surface area contributed by atoms with E-state index >= 15 is 0 Å². The quantitative estimate of drug-likeness (QED) is 0.711. The van der Waals surface area contributed by atoms with Gasteiger partial charge >= 0.3 is 5.97 Å². The van der Waals surface area contributed by atoms with Gasteiger partial charge in [-0.05, 0) is 24.6 Å². The van der Waals surface area contributed by atoms with Gasteiger partial charge < -0.3 is 9.72 Å². The number of esters is 1. The first-order chi connectivity index (χ1) is 10.6. The molecule has 0 saturated heterocycles. The molecule has 0 spiro atoms. The van der Waals surface area contributed by atoms with Gasteiger partial charge in [0, 0.05) is 27.7 Å². The second kappa shape index (κ2) is 6.24. The molecule has 3 aromatic rings. The predicted octanol–water partition coefficient (Wildman–Crippen LogP) is 4.67. The fourth-order valence-corrected chi connectivity index (χ4v) is 2.83. The maximum Gasteiger partial charge on any atom is 0.310 e. The van der Waals surface area contributed by atoms with E-state index in [0.717, 1.165) is 22.0 Å². The molecule has 0 aliphatic carbocycles. The molecule has 0 aliphatic rings. The lowest BCUT2D eigenvalue weighted by molar-refractivity contribution is -0.147. The normalized spacial score (nSPS) is 12.3. The molecule has 1 N–H and O–H groups in total. The van der Waals surface area contributed by atoms with Gasteiger partial charge in [-0.15, -0.1) is 0 Å². The van der Waals surface area contributed by atoms with Gasteiger partial charge in [-0.3, -0.25) is 4.79 Å². The Morgan fingerprint density at radius 2 is 1.91 bits per heavy atom. The van der Waals surface area contributed by atoms with Crippen molar-refractivity contribution in [1.82, 2.24) is 4.98 Å². The van der Waals surface area contributed by atoms with Crippen molar-refractivity contribution in [2.75, 3.05) is 0 Å². The van der Waals surface area contributed by atoms with Crippen molar-refractivity contribution < 1.29 is 9.53 Å². The molecule has 0 saturated carbocycles. The van der Waals surface area contributed by atoms with E-state index in [1.807, 2.05) is 55.6 Å². The number of benzene rings is 2. The number of hydrogen-bond acceptors (Lipinski definition) is 2. The van der Waals surface area contributed by atoms with Crippen molar-refractivity contribution in [1.29, 1.82) is 0 Å². The molecule has 0 aliphatic heterocycles. The molecule has 1 atom stereocenters. The molecule has 1 heterocycles. The number of carbonyl (C=O) groups excluding carboxylic acids is 1. The first kappa shape index (κ1) is 14.7. The van der Waals surface area contributed by atoms with Crippen LogP contribution in [-0.2, 0) is 16.0 Å². The summed E-state index contributed by atoms with van der Waals surface area (Å²) in [7, 11) is 0. The average Bonchev–Trinajstić information content (AvgIpc) is 2.91. The van der Waals surface area contributed by atoms with Gasteiger partial charge in [0.05, 0.1) is 6.42 Å². The molecule has 112 valence electrons. The Morgan fingerprint density at radius 3 is 2.73 bits per heavy atom. The van der Waals surface area contributed by atoms with Crippen LogP contribution in [0.5, 0.6) is 0 Å². The highest BCUT2D eigenvalue weighted by atomic mass is 35.5. The summed E-state index contributed by atoms with van der Waals surface area (Å²) in [6, 6.07) is 15.3. The lowest BCUT2D eigenvalue weighted by atomic mass is 10.1. The molecular formula is C18H16ClNO2. The van der Waals surface area contributed by atoms with Crippen LogP contribution in [0, 0.1) is 0 Å². The number of para-hydroxylation sites is 1. The molecule has 0 amide bonds. The third-order valence-electron chi connectivity index (χ3n) is 3.66. The van der Waals surface area contributed by atoms with Gasteiger partial charge in [0.15, 0.2) is 0 Å². The van der Waals surface area contributed by atoms with Gasteiger partial charge in [0.25, 0.3) is 0 Å². The number of hydrogen-bond donors (Lipinski definition) is 1. The highest BCUT2D eigenvalue weighted by Crippen LogP contribution is 2.26. The highest BCUT2D eigenvalue weighted by molar-refractivity contribution is 6.31. The van der Waals surface area contributed by atoms with E-state index in [-0.39, 0.29) is 18.5 Å². The SMILES string of the molecule is CC(OC(=O)Cc1c[nH]c2ccccc12)c1ccccc1Cl. The number of halogens is 1. The van der Waals surface area contributed by atoms with E-state index in [4.69, 9.17) is 16.3 Å². The Labute approximate surface area is 133 Å². The molecule has 0 bridgehead atoms. The van der Waals surface area contributed by atoms with Crippen LogP contribution >= 0.6 is 11.6 Å². The number of carbonyl (C=O) groups is 1. The minimum Gasteiger partial charge on any atom is -0.457 e. The first-order valence-electron chi connectivity index (χ1n) is 7.14. The molecule has 0 fully saturated rings. The van der Waals surface area contributed by atoms with Crippen LogP contribution in [0.1, 0.15) is 24.2 Å². The Balaban J connectivity index is 1.71. The maximum absolute atomic E-state index is 12.2. The minimum atomic E-state index is -0.369. The third kappa shape index (κ3) is 3.00. The van der Waals surface area contributed by atoms with Crippen LogP contribution in [0.4, 0.5) is 0 Å². The number of ether oxygens (including phenoxy) is 1. The van der Waals surface area contributed by atoms with Gasteiger partial charge in [-0.1, -0.05) is 48.0 Å². The predicted molar refractivity (Wildman–Crippen MR) is 88.0 cm³/mol. The van der Waals surface area contributed by atoms with E-state index < -0.39 is 0 Å². The monoisotopic (exact) mass is 313 g/mol. The summed E-state index contributed by atoms with van der Waals surface area (Å²) in [5.74, 6) is -0.267. The zero-order chi connectivity index (χ0) is 15.5. The van der Waals surface area contributed by atoms with Crippen LogP contribution in [0.2, 0.25) is 5.02 Å². The number of fused-ring (bicyclic) bond motifs is 1. The number of rotatable bonds is 4. The Bertz CT molecular complexity index is 809. The lowest BCUT2D eigenvalue weighted by Gasteiger charge is -2.14. The van der Waals surface area contributed by atoms with E-state index in [1.54, 1.807) is 6.07 Å². The summed E-state index contributed by atoms with van der Waals surface area (Å²) >= 11 is 6.13. The molecule has 3 rings (SSSR count). The summed E-state index contributed by atoms with van der Waals surface area (Å²) < 4.78 is 5.50. The van der Waals surface area contributed by atoms with Crippen molar-refractivity contribution in [3.05, 3.63) is 70.9 Å². The second-order valence-corrected chi connectivity index (χ2v) is 5.60. The van der Waals surface area contributed by atoms with E-state index in [1.165, 1.54) is 0 Å². The fourth-order valence-electron chi connectivity index (χ4n) is 2.54. The van der Waals surface area contributed by atoms with Gasteiger partial charge in [0.1, 0.15) is 6.10 Å². The van der Waals surface area contributed by atoms with Gasteiger partial charge in [-0.2, -0.15) is 0 Å². The molecule has 0 radical (unpaired) electrons. The lowest BCUT2D eigenvalue weighted by Crippen LogP contribution is -2.11. The smallest absolute Gasteiger partial charge is 0.310 e. The van der Waals surface area contributed by atoms with Crippen LogP contribution < -0.4 is 0 Å². The van der Waals surface area contributed by atoms with E-state index in [0.29, 0.717) is 5.02 Å². The van der Waals surface area contributed by atoms with E-state index in [9.17, 15) is 4.79 Å². The van der Waals surface area contributed by atoms with Crippen LogP contribution in [0.25, 0.3) is 10.9 Å². The van der Waals surface area contributed by atoms with Crippen molar-refractivity contribution in [2.24, 2.45) is 0 Å². The zero-order valence-electron chi connectivity index (χ0n) is 12.2.